The first kappa shape index (κ1) is 15.2. The summed E-state index contributed by atoms with van der Waals surface area (Å²) in [5.41, 5.74) is 0.819. The van der Waals surface area contributed by atoms with Crippen LogP contribution in [0, 0.1) is 0 Å². The van der Waals surface area contributed by atoms with Crippen LogP contribution in [-0.4, -0.2) is 55.0 Å². The maximum Gasteiger partial charge on any atom is 0.245 e. The molecule has 0 spiro atoms. The van der Waals surface area contributed by atoms with E-state index in [0.29, 0.717) is 32.3 Å². The van der Waals surface area contributed by atoms with Gasteiger partial charge in [0.25, 0.3) is 0 Å². The Bertz CT molecular complexity index is 473. The summed E-state index contributed by atoms with van der Waals surface area (Å²) in [5, 5.41) is 5.33. The molecule has 21 heavy (non-hydrogen) atoms. The second kappa shape index (κ2) is 7.56. The smallest absolute Gasteiger partial charge is 0.245 e. The molecule has 2 aliphatic heterocycles. The lowest BCUT2D eigenvalue weighted by Crippen LogP contribution is -2.48. The SMILES string of the molecule is O=CN[C@H]1CCCCN(CC(=O)NC2=CCN=CC2)C1=O. The van der Waals surface area contributed by atoms with Gasteiger partial charge in [-0.3, -0.25) is 19.4 Å². The Morgan fingerprint density at radius 3 is 3.05 bits per heavy atom. The molecule has 1 fully saturated rings. The normalized spacial score (nSPS) is 22.3. The molecule has 2 aliphatic rings. The van der Waals surface area contributed by atoms with Gasteiger partial charge in [-0.25, -0.2) is 0 Å². The summed E-state index contributed by atoms with van der Waals surface area (Å²) in [6.07, 6.45) is 7.09. The van der Waals surface area contributed by atoms with E-state index in [9.17, 15) is 14.4 Å². The van der Waals surface area contributed by atoms with Gasteiger partial charge in [0, 0.05) is 24.9 Å². The highest BCUT2D eigenvalue weighted by atomic mass is 16.2. The number of likely N-dealkylation sites (tertiary alicyclic amines) is 1. The number of amides is 3. The van der Waals surface area contributed by atoms with Crippen LogP contribution >= 0.6 is 0 Å². The maximum atomic E-state index is 12.3. The van der Waals surface area contributed by atoms with Crippen molar-refractivity contribution in [1.82, 2.24) is 15.5 Å². The fourth-order valence-corrected chi connectivity index (χ4v) is 2.48. The number of nitrogens with one attached hydrogen (secondary N) is 2. The lowest BCUT2D eigenvalue weighted by Gasteiger charge is -2.23. The van der Waals surface area contributed by atoms with Gasteiger partial charge in [-0.05, 0) is 25.3 Å². The van der Waals surface area contributed by atoms with Crippen molar-refractivity contribution < 1.29 is 14.4 Å². The van der Waals surface area contributed by atoms with Gasteiger partial charge in [0.05, 0.1) is 13.1 Å². The van der Waals surface area contributed by atoms with E-state index in [-0.39, 0.29) is 18.4 Å². The van der Waals surface area contributed by atoms with Crippen LogP contribution in [0.25, 0.3) is 0 Å². The van der Waals surface area contributed by atoms with Crippen LogP contribution in [0.2, 0.25) is 0 Å². The molecule has 0 radical (unpaired) electrons. The number of aliphatic imine (C=N–C) groups is 1. The predicted molar refractivity (Wildman–Crippen MR) is 77.6 cm³/mol. The number of carbonyl (C=O) groups is 3. The summed E-state index contributed by atoms with van der Waals surface area (Å²) in [7, 11) is 0. The molecule has 7 nitrogen and oxygen atoms in total. The minimum absolute atomic E-state index is 0.0182. The molecule has 114 valence electrons. The van der Waals surface area contributed by atoms with Gasteiger partial charge in [-0.15, -0.1) is 0 Å². The van der Waals surface area contributed by atoms with E-state index in [1.165, 1.54) is 4.90 Å². The number of allylic oxidation sites excluding steroid dienone is 1. The average molecular weight is 292 g/mol. The van der Waals surface area contributed by atoms with Crippen LogP contribution in [0.3, 0.4) is 0 Å². The van der Waals surface area contributed by atoms with Crippen LogP contribution in [0.4, 0.5) is 0 Å². The molecule has 0 aliphatic carbocycles. The maximum absolute atomic E-state index is 12.3. The largest absolute Gasteiger partial charge is 0.347 e. The molecule has 0 aromatic heterocycles. The standard InChI is InChI=1S/C14H20N4O3/c19-10-16-12-3-1-2-8-18(14(12)21)9-13(20)17-11-4-6-15-7-5-11/h4,7,10,12H,1-3,5-6,8-9H2,(H,16,19)(H,17,20)/t12-/m0/s1. The Balaban J connectivity index is 1.90. The lowest BCUT2D eigenvalue weighted by molar-refractivity contribution is -0.137. The van der Waals surface area contributed by atoms with Gasteiger partial charge in [0.1, 0.15) is 6.04 Å². The van der Waals surface area contributed by atoms with Crippen molar-refractivity contribution >= 4 is 24.4 Å². The predicted octanol–water partition coefficient (Wildman–Crippen LogP) is -0.412. The fraction of sp³-hybridized carbons (Fsp3) is 0.571. The van der Waals surface area contributed by atoms with Crippen molar-refractivity contribution in [2.24, 2.45) is 4.99 Å². The molecule has 2 heterocycles. The molecule has 0 aromatic carbocycles. The van der Waals surface area contributed by atoms with Crippen LogP contribution in [-0.2, 0) is 14.4 Å². The van der Waals surface area contributed by atoms with Crippen LogP contribution < -0.4 is 10.6 Å². The van der Waals surface area contributed by atoms with Crippen molar-refractivity contribution in [2.45, 2.75) is 31.7 Å². The number of dihydropyridines is 1. The highest BCUT2D eigenvalue weighted by Gasteiger charge is 2.27. The molecule has 2 rings (SSSR count). The zero-order chi connectivity index (χ0) is 15.1. The van der Waals surface area contributed by atoms with E-state index < -0.39 is 6.04 Å². The van der Waals surface area contributed by atoms with E-state index in [0.717, 1.165) is 18.5 Å². The fourth-order valence-electron chi connectivity index (χ4n) is 2.48. The Kier molecular flexibility index (Phi) is 5.48. The molecule has 1 saturated heterocycles. The van der Waals surface area contributed by atoms with Crippen LogP contribution in [0.15, 0.2) is 16.8 Å². The number of hydrogen-bond donors (Lipinski definition) is 2. The summed E-state index contributed by atoms with van der Waals surface area (Å²) in [5.74, 6) is -0.398. The summed E-state index contributed by atoms with van der Waals surface area (Å²) >= 11 is 0. The zero-order valence-electron chi connectivity index (χ0n) is 11.9. The molecule has 0 unspecified atom stereocenters. The Morgan fingerprint density at radius 2 is 2.33 bits per heavy atom. The number of carbonyl (C=O) groups excluding carboxylic acids is 3. The van der Waals surface area contributed by atoms with Gasteiger partial charge in [-0.2, -0.15) is 0 Å². The zero-order valence-corrected chi connectivity index (χ0v) is 11.9. The van der Waals surface area contributed by atoms with Crippen LogP contribution in [0.1, 0.15) is 25.7 Å². The summed E-state index contributed by atoms with van der Waals surface area (Å²) in [4.78, 5) is 40.4. The summed E-state index contributed by atoms with van der Waals surface area (Å²) < 4.78 is 0. The molecule has 1 atom stereocenters. The minimum Gasteiger partial charge on any atom is -0.347 e. The first-order valence-electron chi connectivity index (χ1n) is 7.16. The van der Waals surface area contributed by atoms with Gasteiger partial charge in [0.15, 0.2) is 0 Å². The molecule has 3 amide bonds. The molecule has 2 N–H and O–H groups in total. The van der Waals surface area contributed by atoms with E-state index in [1.807, 2.05) is 6.08 Å². The molecule has 0 aromatic rings. The van der Waals surface area contributed by atoms with E-state index in [2.05, 4.69) is 15.6 Å². The lowest BCUT2D eigenvalue weighted by atomic mass is 10.1. The van der Waals surface area contributed by atoms with Gasteiger partial charge in [0.2, 0.25) is 18.2 Å². The molecular weight excluding hydrogens is 272 g/mol. The second-order valence-electron chi connectivity index (χ2n) is 5.12. The van der Waals surface area contributed by atoms with E-state index >= 15 is 0 Å². The quantitative estimate of drug-likeness (QED) is 0.675. The van der Waals surface area contributed by atoms with Crippen molar-refractivity contribution in [3.8, 4) is 0 Å². The summed E-state index contributed by atoms with van der Waals surface area (Å²) in [6.45, 7) is 1.14. The summed E-state index contributed by atoms with van der Waals surface area (Å²) in [6, 6.07) is -0.515. The molecular formula is C14H20N4O3. The Hall–Kier alpha value is -2.18. The van der Waals surface area contributed by atoms with Crippen LogP contribution in [0.5, 0.6) is 0 Å². The number of nitrogens with zero attached hydrogens (tertiary/aromatic N) is 2. The average Bonchev–Trinajstić information content (AvgIpc) is 2.64. The molecule has 0 bridgehead atoms. The van der Waals surface area contributed by atoms with Gasteiger partial charge >= 0.3 is 0 Å². The third kappa shape index (κ3) is 4.40. The van der Waals surface area contributed by atoms with Gasteiger partial charge < -0.3 is 15.5 Å². The molecule has 7 heteroatoms. The minimum atomic E-state index is -0.515. The Morgan fingerprint density at radius 1 is 1.48 bits per heavy atom. The van der Waals surface area contributed by atoms with Crippen molar-refractivity contribution in [1.29, 1.82) is 0 Å². The third-order valence-electron chi connectivity index (χ3n) is 3.57. The Labute approximate surface area is 123 Å². The van der Waals surface area contributed by atoms with E-state index in [1.54, 1.807) is 6.21 Å². The molecule has 0 saturated carbocycles. The topological polar surface area (TPSA) is 90.9 Å². The monoisotopic (exact) mass is 292 g/mol. The highest BCUT2D eigenvalue weighted by molar-refractivity contribution is 5.89. The van der Waals surface area contributed by atoms with Crippen molar-refractivity contribution in [2.75, 3.05) is 19.6 Å². The van der Waals surface area contributed by atoms with Gasteiger partial charge in [-0.1, -0.05) is 0 Å². The number of rotatable bonds is 5. The number of hydrogen-bond acceptors (Lipinski definition) is 4. The highest BCUT2D eigenvalue weighted by Crippen LogP contribution is 2.12. The third-order valence-corrected chi connectivity index (χ3v) is 3.57. The first-order valence-corrected chi connectivity index (χ1v) is 7.16. The second-order valence-corrected chi connectivity index (χ2v) is 5.12. The first-order chi connectivity index (χ1) is 10.2. The van der Waals surface area contributed by atoms with E-state index in [4.69, 9.17) is 0 Å². The van der Waals surface area contributed by atoms with Crippen molar-refractivity contribution in [3.05, 3.63) is 11.8 Å². The van der Waals surface area contributed by atoms with Crippen molar-refractivity contribution in [3.63, 3.8) is 0 Å².